The molecule has 1 atom stereocenters. The number of carbonyl (C=O) groups is 1. The van der Waals surface area contributed by atoms with Gasteiger partial charge in [-0.05, 0) is 58.2 Å². The van der Waals surface area contributed by atoms with Crippen molar-refractivity contribution >= 4 is 5.91 Å². The Morgan fingerprint density at radius 3 is 2.79 bits per heavy atom. The Bertz CT molecular complexity index is 293. The second-order valence-electron chi connectivity index (χ2n) is 6.49. The van der Waals surface area contributed by atoms with Crippen LogP contribution in [0.4, 0.5) is 0 Å². The molecule has 2 rings (SSSR count). The van der Waals surface area contributed by atoms with Crippen LogP contribution < -0.4 is 5.32 Å². The van der Waals surface area contributed by atoms with Gasteiger partial charge < -0.3 is 15.0 Å². The summed E-state index contributed by atoms with van der Waals surface area (Å²) < 4.78 is 5.36. The largest absolute Gasteiger partial charge is 0.381 e. The molecular weight excluding hydrogens is 240 g/mol. The first-order chi connectivity index (χ1) is 9.10. The van der Waals surface area contributed by atoms with Gasteiger partial charge in [-0.15, -0.1) is 0 Å². The normalized spacial score (nSPS) is 27.4. The molecule has 1 amide bonds. The second-order valence-corrected chi connectivity index (χ2v) is 6.49. The third-order valence-electron chi connectivity index (χ3n) is 4.74. The monoisotopic (exact) mass is 268 g/mol. The van der Waals surface area contributed by atoms with Gasteiger partial charge in [-0.25, -0.2) is 0 Å². The molecule has 1 N–H and O–H groups in total. The van der Waals surface area contributed by atoms with Crippen LogP contribution in [0, 0.1) is 11.3 Å². The molecule has 0 aliphatic carbocycles. The van der Waals surface area contributed by atoms with Gasteiger partial charge in [0, 0.05) is 25.2 Å². The Morgan fingerprint density at radius 2 is 2.16 bits per heavy atom. The van der Waals surface area contributed by atoms with E-state index in [-0.39, 0.29) is 11.3 Å². The van der Waals surface area contributed by atoms with E-state index >= 15 is 0 Å². The highest BCUT2D eigenvalue weighted by atomic mass is 16.5. The van der Waals surface area contributed by atoms with E-state index in [4.69, 9.17) is 4.74 Å². The molecule has 2 aliphatic heterocycles. The van der Waals surface area contributed by atoms with Gasteiger partial charge in [-0.2, -0.15) is 0 Å². The fourth-order valence-corrected chi connectivity index (χ4v) is 2.96. The van der Waals surface area contributed by atoms with Gasteiger partial charge in [0.2, 0.25) is 5.91 Å². The molecule has 4 nitrogen and oxygen atoms in total. The predicted molar refractivity (Wildman–Crippen MR) is 76.0 cm³/mol. The van der Waals surface area contributed by atoms with Crippen molar-refractivity contribution < 1.29 is 9.53 Å². The number of nitrogens with one attached hydrogen (secondary N) is 1. The lowest BCUT2D eigenvalue weighted by Crippen LogP contribution is -2.46. The van der Waals surface area contributed by atoms with Gasteiger partial charge in [-0.3, -0.25) is 4.79 Å². The van der Waals surface area contributed by atoms with Gasteiger partial charge in [0.05, 0.1) is 0 Å². The summed E-state index contributed by atoms with van der Waals surface area (Å²) in [4.78, 5) is 14.6. The van der Waals surface area contributed by atoms with Crippen LogP contribution in [0.15, 0.2) is 0 Å². The molecule has 0 aromatic heterocycles. The van der Waals surface area contributed by atoms with Crippen LogP contribution in [-0.2, 0) is 9.53 Å². The number of ether oxygens (including phenoxy) is 1. The van der Waals surface area contributed by atoms with E-state index in [9.17, 15) is 4.79 Å². The Labute approximate surface area is 116 Å². The van der Waals surface area contributed by atoms with E-state index < -0.39 is 0 Å². The Kier molecular flexibility index (Phi) is 5.22. The van der Waals surface area contributed by atoms with E-state index in [1.807, 2.05) is 0 Å². The maximum atomic E-state index is 12.3. The Balaban J connectivity index is 1.63. The van der Waals surface area contributed by atoms with E-state index in [2.05, 4.69) is 24.2 Å². The fraction of sp³-hybridized carbons (Fsp3) is 0.933. The number of hydrogen-bond donors (Lipinski definition) is 1. The number of rotatable bonds is 5. The molecule has 2 aliphatic rings. The average molecular weight is 268 g/mol. The molecule has 2 fully saturated rings. The summed E-state index contributed by atoms with van der Waals surface area (Å²) in [5.41, 5.74) is -0.150. The zero-order valence-corrected chi connectivity index (χ0v) is 12.4. The van der Waals surface area contributed by atoms with Crippen molar-refractivity contribution in [1.82, 2.24) is 10.2 Å². The molecule has 0 saturated carbocycles. The molecule has 2 saturated heterocycles. The third-order valence-corrected chi connectivity index (χ3v) is 4.74. The molecule has 0 aromatic rings. The van der Waals surface area contributed by atoms with Gasteiger partial charge >= 0.3 is 0 Å². The van der Waals surface area contributed by atoms with Gasteiger partial charge in [0.1, 0.15) is 0 Å². The lowest BCUT2D eigenvalue weighted by Gasteiger charge is -2.36. The molecule has 0 unspecified atom stereocenters. The summed E-state index contributed by atoms with van der Waals surface area (Å²) in [6.07, 6.45) is 5.41. The minimum atomic E-state index is -0.150. The highest BCUT2D eigenvalue weighted by Gasteiger charge is 2.35. The molecular formula is C15H28N2O2. The first kappa shape index (κ1) is 14.8. The fourth-order valence-electron chi connectivity index (χ4n) is 2.96. The van der Waals surface area contributed by atoms with Crippen molar-refractivity contribution in [3.05, 3.63) is 0 Å². The maximum Gasteiger partial charge on any atom is 0.226 e. The van der Waals surface area contributed by atoms with Crippen molar-refractivity contribution in [3.63, 3.8) is 0 Å². The Hall–Kier alpha value is -0.610. The maximum absolute atomic E-state index is 12.3. The van der Waals surface area contributed by atoms with E-state index in [0.29, 0.717) is 0 Å². The second kappa shape index (κ2) is 6.71. The predicted octanol–water partition coefficient (Wildman–Crippen LogP) is 1.65. The minimum absolute atomic E-state index is 0.150. The zero-order chi connectivity index (χ0) is 13.7. The smallest absolute Gasteiger partial charge is 0.226 e. The molecule has 0 spiro atoms. The zero-order valence-electron chi connectivity index (χ0n) is 12.4. The summed E-state index contributed by atoms with van der Waals surface area (Å²) in [6.45, 7) is 6.83. The summed E-state index contributed by atoms with van der Waals surface area (Å²) in [5.74, 6) is 0.971. The number of piperidine rings is 1. The lowest BCUT2D eigenvalue weighted by molar-refractivity contribution is -0.132. The molecule has 0 aromatic carbocycles. The van der Waals surface area contributed by atoms with E-state index in [1.54, 1.807) is 0 Å². The number of carbonyl (C=O) groups excluding carboxylic acids is 1. The number of nitrogens with zero attached hydrogens (tertiary/aromatic N) is 1. The van der Waals surface area contributed by atoms with Gasteiger partial charge in [0.15, 0.2) is 0 Å². The van der Waals surface area contributed by atoms with Crippen LogP contribution in [0.1, 0.15) is 39.0 Å². The lowest BCUT2D eigenvalue weighted by atomic mass is 9.79. The quantitative estimate of drug-likeness (QED) is 0.771. The Morgan fingerprint density at radius 1 is 1.42 bits per heavy atom. The average Bonchev–Trinajstić information content (AvgIpc) is 2.91. The summed E-state index contributed by atoms with van der Waals surface area (Å²) in [6, 6.07) is 0. The van der Waals surface area contributed by atoms with Crippen LogP contribution in [0.2, 0.25) is 0 Å². The van der Waals surface area contributed by atoms with Crippen LogP contribution in [0.3, 0.4) is 0 Å². The summed E-state index contributed by atoms with van der Waals surface area (Å²) in [5, 5.41) is 3.13. The SMILES string of the molecule is CN1CCC(C)(C(=O)NCCC[C@H]2CCOC2)CC1. The molecule has 110 valence electrons. The van der Waals surface area contributed by atoms with Crippen LogP contribution in [0.5, 0.6) is 0 Å². The highest BCUT2D eigenvalue weighted by molar-refractivity contribution is 5.82. The van der Waals surface area contributed by atoms with Crippen molar-refractivity contribution in [3.8, 4) is 0 Å². The van der Waals surface area contributed by atoms with Crippen LogP contribution >= 0.6 is 0 Å². The van der Waals surface area contributed by atoms with Crippen molar-refractivity contribution in [1.29, 1.82) is 0 Å². The summed E-state index contributed by atoms with van der Waals surface area (Å²) in [7, 11) is 2.13. The molecule has 19 heavy (non-hydrogen) atoms. The van der Waals surface area contributed by atoms with Gasteiger partial charge in [-0.1, -0.05) is 6.92 Å². The standard InChI is InChI=1S/C15H28N2O2/c1-15(6-9-17(2)10-7-15)14(18)16-8-3-4-13-5-11-19-12-13/h13H,3-12H2,1-2H3,(H,16,18)/t13-/m0/s1. The van der Waals surface area contributed by atoms with E-state index in [1.165, 1.54) is 12.8 Å². The van der Waals surface area contributed by atoms with Crippen LogP contribution in [-0.4, -0.2) is 50.7 Å². The number of amides is 1. The molecule has 0 bridgehead atoms. The van der Waals surface area contributed by atoms with Gasteiger partial charge in [0.25, 0.3) is 0 Å². The van der Waals surface area contributed by atoms with Crippen molar-refractivity contribution in [2.45, 2.75) is 39.0 Å². The van der Waals surface area contributed by atoms with E-state index in [0.717, 1.165) is 58.0 Å². The van der Waals surface area contributed by atoms with Crippen molar-refractivity contribution in [2.24, 2.45) is 11.3 Å². The minimum Gasteiger partial charge on any atom is -0.381 e. The number of hydrogen-bond acceptors (Lipinski definition) is 3. The van der Waals surface area contributed by atoms with Crippen LogP contribution in [0.25, 0.3) is 0 Å². The number of likely N-dealkylation sites (tertiary alicyclic amines) is 1. The third kappa shape index (κ3) is 4.18. The molecule has 4 heteroatoms. The molecule has 2 heterocycles. The summed E-state index contributed by atoms with van der Waals surface area (Å²) >= 11 is 0. The molecule has 0 radical (unpaired) electrons. The highest BCUT2D eigenvalue weighted by Crippen LogP contribution is 2.30. The topological polar surface area (TPSA) is 41.6 Å². The van der Waals surface area contributed by atoms with Crippen molar-refractivity contribution in [2.75, 3.05) is 39.9 Å². The first-order valence-electron chi connectivity index (χ1n) is 7.65. The first-order valence-corrected chi connectivity index (χ1v) is 7.65.